The molecular weight excluding hydrogens is 1670 g/mol. The predicted molar refractivity (Wildman–Crippen MR) is 544 cm³/mol. The summed E-state index contributed by atoms with van der Waals surface area (Å²) in [7, 11) is -9.64. The number of ether oxygens (including phenoxy) is 4. The number of allylic oxidation sites excluding steroid dienone is 8. The van der Waals surface area contributed by atoms with E-state index in [1.165, 1.54) is 436 Å². The van der Waals surface area contributed by atoms with Crippen molar-refractivity contribution in [3.8, 4) is 0 Å². The molecule has 0 unspecified atom stereocenters. The summed E-state index contributed by atoms with van der Waals surface area (Å²) in [6.45, 7) is 9.15. The van der Waals surface area contributed by atoms with Crippen LogP contribution >= 0.6 is 0 Å². The van der Waals surface area contributed by atoms with Crippen LogP contribution in [0.4, 0.5) is 0 Å². The SMILES string of the molecule is C/C=C/CCCCCCCCCCCCCCCCCCCCCOC(=O)c1ccc(S(=O)(=O)[O-])cc1C(=O)OCCCCCCCCCCCCCCCCCCCCC/C=C/C.C/C=C/CCCCCCCCCCCCCCCCCCCCCOC(=O)c1ccc(S(=O)(=O)[O-])cc1C(=O)OCCCCCCCCCCCCCCCCCCCCC/C=C/C.[Ca+2]. The van der Waals surface area contributed by atoms with Gasteiger partial charge in [0.05, 0.1) is 58.5 Å². The zero-order valence-electron chi connectivity index (χ0n) is 83.7. The molecule has 0 bridgehead atoms. The number of unbranched alkanes of at least 4 members (excludes halogenated alkanes) is 76. The first-order valence-corrected chi connectivity index (χ1v) is 56.8. The van der Waals surface area contributed by atoms with E-state index in [0.29, 0.717) is 25.7 Å². The second kappa shape index (κ2) is 96.1. The van der Waals surface area contributed by atoms with E-state index in [1.54, 1.807) is 0 Å². The molecule has 2 aromatic carbocycles. The van der Waals surface area contributed by atoms with Gasteiger partial charge in [0.15, 0.2) is 0 Å². The van der Waals surface area contributed by atoms with Gasteiger partial charge >= 0.3 is 61.6 Å². The molecule has 0 heterocycles. The second-order valence-electron chi connectivity index (χ2n) is 37.2. The number of carbonyl (C=O) groups is 4. The van der Waals surface area contributed by atoms with E-state index < -0.39 is 53.9 Å². The molecule has 2 rings (SSSR count). The zero-order chi connectivity index (χ0) is 92.9. The van der Waals surface area contributed by atoms with Gasteiger partial charge in [-0.05, 0) is 141 Å². The summed E-state index contributed by atoms with van der Waals surface area (Å²) < 4.78 is 92.1. The Labute approximate surface area is 824 Å². The molecule has 0 fully saturated rings. The number of benzene rings is 2. The van der Waals surface area contributed by atoms with Crippen LogP contribution in [0.2, 0.25) is 0 Å². The Morgan fingerprint density at radius 3 is 0.465 bits per heavy atom. The molecule has 0 aliphatic rings. The van der Waals surface area contributed by atoms with E-state index in [-0.39, 0.29) is 86.4 Å². The van der Waals surface area contributed by atoms with E-state index in [2.05, 4.69) is 76.3 Å². The molecule has 0 atom stereocenters. The van der Waals surface area contributed by atoms with E-state index in [4.69, 9.17) is 18.9 Å². The molecule has 0 spiro atoms. The van der Waals surface area contributed by atoms with Crippen molar-refractivity contribution in [2.45, 2.75) is 551 Å². The quantitative estimate of drug-likeness (QED) is 0.0150. The van der Waals surface area contributed by atoms with Crippen LogP contribution in [0, 0.1) is 0 Å². The monoisotopic (exact) mass is 1870 g/mol. The number of hydrogen-bond donors (Lipinski definition) is 0. The Morgan fingerprint density at radius 1 is 0.209 bits per heavy atom. The van der Waals surface area contributed by atoms with E-state index in [0.717, 1.165) is 88.5 Å². The molecule has 14 nitrogen and oxygen atoms in total. The van der Waals surface area contributed by atoms with Gasteiger partial charge in [0.2, 0.25) is 0 Å². The largest absolute Gasteiger partial charge is 2.00 e. The first-order valence-electron chi connectivity index (χ1n) is 53.9. The summed E-state index contributed by atoms with van der Waals surface area (Å²) in [5.41, 5.74) is -0.651. The Bertz CT molecular complexity index is 3020. The fraction of sp³-hybridized carbons (Fsp3) is 0.786. The van der Waals surface area contributed by atoms with Crippen LogP contribution in [0.1, 0.15) is 583 Å². The van der Waals surface area contributed by atoms with Crippen molar-refractivity contribution in [2.75, 3.05) is 26.4 Å². The molecule has 0 saturated carbocycles. The maximum absolute atomic E-state index is 13.0. The van der Waals surface area contributed by atoms with E-state index >= 15 is 0 Å². The van der Waals surface area contributed by atoms with Crippen molar-refractivity contribution in [3.05, 3.63) is 107 Å². The van der Waals surface area contributed by atoms with Gasteiger partial charge in [0.1, 0.15) is 20.2 Å². The number of hydrogen-bond acceptors (Lipinski definition) is 14. The molecule has 0 N–H and O–H groups in total. The van der Waals surface area contributed by atoms with Crippen LogP contribution in [-0.2, 0) is 39.2 Å². The number of esters is 4. The van der Waals surface area contributed by atoms with Gasteiger partial charge < -0.3 is 28.1 Å². The smallest absolute Gasteiger partial charge is 0.744 e. The molecule has 740 valence electrons. The van der Waals surface area contributed by atoms with Gasteiger partial charge in [-0.2, -0.15) is 0 Å². The maximum atomic E-state index is 13.0. The summed E-state index contributed by atoms with van der Waals surface area (Å²) in [5, 5.41) is 0. The van der Waals surface area contributed by atoms with Gasteiger partial charge in [-0.15, -0.1) is 0 Å². The minimum atomic E-state index is -4.82. The molecule has 0 aliphatic carbocycles. The first-order chi connectivity index (χ1) is 62.6. The Morgan fingerprint density at radius 2 is 0.333 bits per heavy atom. The minimum Gasteiger partial charge on any atom is -0.744 e. The van der Waals surface area contributed by atoms with Crippen molar-refractivity contribution in [3.63, 3.8) is 0 Å². The molecule has 0 aromatic heterocycles. The predicted octanol–water partition coefficient (Wildman–Crippen LogP) is 34.9. The normalized spacial score (nSPS) is 11.8. The van der Waals surface area contributed by atoms with Crippen molar-refractivity contribution >= 4 is 81.9 Å². The van der Waals surface area contributed by atoms with Crippen molar-refractivity contribution < 1.29 is 64.1 Å². The number of carbonyl (C=O) groups excluding carboxylic acids is 4. The van der Waals surface area contributed by atoms with Crippen LogP contribution in [0.25, 0.3) is 0 Å². The van der Waals surface area contributed by atoms with Crippen LogP contribution in [0.3, 0.4) is 0 Å². The molecular formula is C112H194CaO14S2. The standard InChI is InChI=1S/2C56H98O7S.Ca/c2*1-3-5-7-9-11-13-15-17-19-21-23-25-27-29-31-33-35-37-39-41-43-45-49-62-55(57)53-48-47-52(64(59,60)61)51-54(53)56(58)63-50-46-44-42-40-38-36-34-32-30-28-26-24-22-20-18-16-14-12-10-8-6-4-2;/h2*3-6,47-48,51H,7-46,49-50H2,1-2H3,(H,59,60,61);/q;;+2/p-2/b2*5-3+,6-4+;. The molecule has 0 aliphatic heterocycles. The Hall–Kier alpha value is -3.64. The Kier molecular flexibility index (Phi) is 93.3. The number of rotatable bonds is 94. The Balaban J connectivity index is 0.00000252. The van der Waals surface area contributed by atoms with Gasteiger partial charge in [-0.1, -0.05) is 485 Å². The summed E-state index contributed by atoms with van der Waals surface area (Å²) in [4.78, 5) is 50.8. The van der Waals surface area contributed by atoms with Crippen LogP contribution < -0.4 is 0 Å². The van der Waals surface area contributed by atoms with Gasteiger partial charge in [-0.3, -0.25) is 0 Å². The van der Waals surface area contributed by atoms with E-state index in [1.807, 2.05) is 0 Å². The van der Waals surface area contributed by atoms with Crippen molar-refractivity contribution in [1.29, 1.82) is 0 Å². The summed E-state index contributed by atoms with van der Waals surface area (Å²) in [6, 6.07) is 6.34. The molecule has 129 heavy (non-hydrogen) atoms. The first kappa shape index (κ1) is 125. The summed E-state index contributed by atoms with van der Waals surface area (Å²) >= 11 is 0. The van der Waals surface area contributed by atoms with Gasteiger partial charge in [0.25, 0.3) is 0 Å². The van der Waals surface area contributed by atoms with Crippen molar-refractivity contribution in [2.24, 2.45) is 0 Å². The van der Waals surface area contributed by atoms with Gasteiger partial charge in [0, 0.05) is 0 Å². The second-order valence-corrected chi connectivity index (χ2v) is 39.9. The van der Waals surface area contributed by atoms with Crippen LogP contribution in [-0.4, -0.2) is 114 Å². The third-order valence-electron chi connectivity index (χ3n) is 25.4. The molecule has 0 radical (unpaired) electrons. The fourth-order valence-electron chi connectivity index (χ4n) is 17.2. The van der Waals surface area contributed by atoms with Crippen LogP contribution in [0.5, 0.6) is 0 Å². The average Bonchev–Trinajstić information content (AvgIpc) is 0.812. The third-order valence-corrected chi connectivity index (χ3v) is 27.0. The van der Waals surface area contributed by atoms with Crippen molar-refractivity contribution in [1.82, 2.24) is 0 Å². The van der Waals surface area contributed by atoms with Gasteiger partial charge in [-0.25, -0.2) is 36.0 Å². The topological polar surface area (TPSA) is 220 Å². The maximum Gasteiger partial charge on any atom is 2.00 e. The molecule has 2 aromatic rings. The van der Waals surface area contributed by atoms with Crippen LogP contribution in [0.15, 0.2) is 94.8 Å². The molecule has 17 heteroatoms. The molecule has 0 saturated heterocycles. The molecule has 0 amide bonds. The average molecular weight is 1870 g/mol. The summed E-state index contributed by atoms with van der Waals surface area (Å²) in [5.74, 6) is -3.07. The minimum absolute atomic E-state index is 0. The zero-order valence-corrected chi connectivity index (χ0v) is 87.6. The fourth-order valence-corrected chi connectivity index (χ4v) is 18.2. The summed E-state index contributed by atoms with van der Waals surface area (Å²) in [6.07, 6.45) is 119. The van der Waals surface area contributed by atoms with E-state index in [9.17, 15) is 45.1 Å². The third kappa shape index (κ3) is 82.4.